The molecule has 0 aliphatic heterocycles. The second-order valence-electron chi connectivity index (χ2n) is 5.76. The molecule has 0 radical (unpaired) electrons. The van der Waals surface area contributed by atoms with Crippen LogP contribution in [0.1, 0.15) is 45.1 Å². The van der Waals surface area contributed by atoms with E-state index in [1.54, 1.807) is 0 Å². The molecule has 1 aromatic rings. The van der Waals surface area contributed by atoms with Gasteiger partial charge >= 0.3 is 11.9 Å². The van der Waals surface area contributed by atoms with Crippen molar-refractivity contribution >= 4 is 27.9 Å². The van der Waals surface area contributed by atoms with E-state index in [4.69, 9.17) is 9.47 Å². The highest BCUT2D eigenvalue weighted by Gasteiger charge is 2.24. The summed E-state index contributed by atoms with van der Waals surface area (Å²) >= 11 is 3.38. The van der Waals surface area contributed by atoms with Crippen LogP contribution in [0.2, 0.25) is 0 Å². The van der Waals surface area contributed by atoms with Crippen LogP contribution in [0.15, 0.2) is 28.7 Å². The van der Waals surface area contributed by atoms with Crippen molar-refractivity contribution in [3.8, 4) is 0 Å². The van der Waals surface area contributed by atoms with E-state index in [0.717, 1.165) is 10.0 Å². The fourth-order valence-electron chi connectivity index (χ4n) is 1.94. The van der Waals surface area contributed by atoms with Crippen molar-refractivity contribution in [3.63, 3.8) is 0 Å². The number of benzene rings is 1. The zero-order valence-electron chi connectivity index (χ0n) is 12.8. The Balaban J connectivity index is 2.77. The van der Waals surface area contributed by atoms with E-state index in [-0.39, 0.29) is 18.4 Å². The van der Waals surface area contributed by atoms with Crippen LogP contribution < -0.4 is 0 Å². The molecule has 0 saturated heterocycles. The third-order valence-electron chi connectivity index (χ3n) is 2.79. The molecule has 0 aromatic heterocycles. The van der Waals surface area contributed by atoms with Gasteiger partial charge in [-0.05, 0) is 44.9 Å². The molecule has 0 aliphatic carbocycles. The van der Waals surface area contributed by atoms with Crippen LogP contribution in [-0.2, 0) is 19.1 Å². The molecular weight excluding hydrogens is 336 g/mol. The number of carbonyl (C=O) groups is 2. The third kappa shape index (κ3) is 6.29. The van der Waals surface area contributed by atoms with Crippen LogP contribution in [-0.4, -0.2) is 24.6 Å². The summed E-state index contributed by atoms with van der Waals surface area (Å²) < 4.78 is 11.0. The van der Waals surface area contributed by atoms with Crippen LogP contribution in [0.5, 0.6) is 0 Å². The molecule has 0 amide bonds. The second kappa shape index (κ2) is 7.59. The number of carbonyl (C=O) groups excluding carboxylic acids is 2. The minimum Gasteiger partial charge on any atom is -0.469 e. The summed E-state index contributed by atoms with van der Waals surface area (Å²) in [7, 11) is 1.35. The van der Waals surface area contributed by atoms with E-state index < -0.39 is 11.5 Å². The van der Waals surface area contributed by atoms with Gasteiger partial charge in [-0.3, -0.25) is 9.59 Å². The van der Waals surface area contributed by atoms with Gasteiger partial charge in [-0.2, -0.15) is 0 Å². The number of hydrogen-bond acceptors (Lipinski definition) is 4. The van der Waals surface area contributed by atoms with Gasteiger partial charge in [-0.15, -0.1) is 0 Å². The lowest BCUT2D eigenvalue weighted by Gasteiger charge is -2.20. The van der Waals surface area contributed by atoms with E-state index in [1.807, 2.05) is 45.0 Å². The lowest BCUT2D eigenvalue weighted by atomic mass is 9.94. The Morgan fingerprint density at radius 1 is 1.29 bits per heavy atom. The van der Waals surface area contributed by atoms with E-state index >= 15 is 0 Å². The van der Waals surface area contributed by atoms with Gasteiger partial charge < -0.3 is 9.47 Å². The van der Waals surface area contributed by atoms with Crippen LogP contribution >= 0.6 is 15.9 Å². The van der Waals surface area contributed by atoms with Gasteiger partial charge in [0.1, 0.15) is 5.60 Å². The number of halogens is 1. The van der Waals surface area contributed by atoms with E-state index in [2.05, 4.69) is 15.9 Å². The van der Waals surface area contributed by atoms with E-state index in [1.165, 1.54) is 7.11 Å². The predicted octanol–water partition coefficient (Wildman–Crippen LogP) is 3.83. The topological polar surface area (TPSA) is 52.6 Å². The number of ether oxygens (including phenoxy) is 2. The van der Waals surface area contributed by atoms with Gasteiger partial charge in [0, 0.05) is 10.9 Å². The second-order valence-corrected chi connectivity index (χ2v) is 6.67. The Kier molecular flexibility index (Phi) is 6.40. The molecule has 0 spiro atoms. The molecule has 4 nitrogen and oxygen atoms in total. The highest BCUT2D eigenvalue weighted by atomic mass is 79.9. The monoisotopic (exact) mass is 356 g/mol. The molecule has 0 bridgehead atoms. The van der Waals surface area contributed by atoms with Crippen molar-refractivity contribution in [2.75, 3.05) is 7.11 Å². The summed E-state index contributed by atoms with van der Waals surface area (Å²) in [5.41, 5.74) is 0.299. The van der Waals surface area contributed by atoms with Crippen LogP contribution in [0, 0.1) is 0 Å². The van der Waals surface area contributed by atoms with Crippen molar-refractivity contribution in [1.29, 1.82) is 0 Å². The van der Waals surface area contributed by atoms with Gasteiger partial charge in [0.2, 0.25) is 0 Å². The lowest BCUT2D eigenvalue weighted by molar-refractivity contribution is -0.155. The number of methoxy groups -OCH3 is 1. The molecule has 1 rings (SSSR count). The van der Waals surface area contributed by atoms with E-state index in [0.29, 0.717) is 6.42 Å². The average Bonchev–Trinajstić information content (AvgIpc) is 2.36. The Labute approximate surface area is 133 Å². The Morgan fingerprint density at radius 2 is 1.95 bits per heavy atom. The lowest BCUT2D eigenvalue weighted by Crippen LogP contribution is -2.24. The molecule has 1 atom stereocenters. The van der Waals surface area contributed by atoms with Crippen molar-refractivity contribution in [3.05, 3.63) is 34.3 Å². The Morgan fingerprint density at radius 3 is 2.48 bits per heavy atom. The summed E-state index contributed by atoms with van der Waals surface area (Å²) in [6.45, 7) is 5.45. The van der Waals surface area contributed by atoms with Crippen LogP contribution in [0.3, 0.4) is 0 Å². The quantitative estimate of drug-likeness (QED) is 0.752. The molecule has 0 aliphatic rings. The number of rotatable bonds is 5. The Hall–Kier alpha value is -1.36. The summed E-state index contributed by atoms with van der Waals surface area (Å²) in [6.07, 6.45) is 0.529. The molecular formula is C16H21BrO4. The zero-order valence-corrected chi connectivity index (χ0v) is 14.4. The fraction of sp³-hybridized carbons (Fsp3) is 0.500. The van der Waals surface area contributed by atoms with Crippen LogP contribution in [0.25, 0.3) is 0 Å². The average molecular weight is 357 g/mol. The SMILES string of the molecule is COC(=O)C(CCC(=O)OC(C)(C)C)c1cccc(Br)c1. The normalized spacial score (nSPS) is 12.6. The van der Waals surface area contributed by atoms with Crippen molar-refractivity contribution in [1.82, 2.24) is 0 Å². The maximum absolute atomic E-state index is 11.9. The summed E-state index contributed by atoms with van der Waals surface area (Å²) in [6, 6.07) is 7.44. The first-order valence-corrected chi connectivity index (χ1v) is 7.57. The maximum atomic E-state index is 11.9. The molecule has 0 saturated carbocycles. The minimum absolute atomic E-state index is 0.170. The fourth-order valence-corrected chi connectivity index (χ4v) is 2.36. The van der Waals surface area contributed by atoms with Crippen molar-refractivity contribution in [2.24, 2.45) is 0 Å². The van der Waals surface area contributed by atoms with Crippen molar-refractivity contribution < 1.29 is 19.1 Å². The summed E-state index contributed by atoms with van der Waals surface area (Å²) in [4.78, 5) is 23.7. The molecule has 1 aromatic carbocycles. The first kappa shape index (κ1) is 17.7. The molecule has 116 valence electrons. The standard InChI is InChI=1S/C16H21BrO4/c1-16(2,3)21-14(18)9-8-13(15(19)20-4)11-6-5-7-12(17)10-11/h5-7,10,13H,8-9H2,1-4H3. The molecule has 1 unspecified atom stereocenters. The number of esters is 2. The summed E-state index contributed by atoms with van der Waals surface area (Å²) in [5.74, 6) is -1.14. The molecule has 5 heteroatoms. The molecule has 0 heterocycles. The molecule has 0 fully saturated rings. The first-order chi connectivity index (χ1) is 9.73. The minimum atomic E-state index is -0.520. The van der Waals surface area contributed by atoms with Crippen LogP contribution in [0.4, 0.5) is 0 Å². The molecule has 0 N–H and O–H groups in total. The zero-order chi connectivity index (χ0) is 16.0. The highest BCUT2D eigenvalue weighted by molar-refractivity contribution is 9.10. The van der Waals surface area contributed by atoms with Gasteiger partial charge in [-0.25, -0.2) is 0 Å². The maximum Gasteiger partial charge on any atom is 0.313 e. The summed E-state index contributed by atoms with van der Waals surface area (Å²) in [5, 5.41) is 0. The Bertz CT molecular complexity index is 505. The highest BCUT2D eigenvalue weighted by Crippen LogP contribution is 2.26. The molecule has 21 heavy (non-hydrogen) atoms. The van der Waals surface area contributed by atoms with Crippen molar-refractivity contribution in [2.45, 2.75) is 45.1 Å². The third-order valence-corrected chi connectivity index (χ3v) is 3.29. The largest absolute Gasteiger partial charge is 0.469 e. The first-order valence-electron chi connectivity index (χ1n) is 6.78. The smallest absolute Gasteiger partial charge is 0.313 e. The number of hydrogen-bond donors (Lipinski definition) is 0. The van der Waals surface area contributed by atoms with Gasteiger partial charge in [0.05, 0.1) is 13.0 Å². The van der Waals surface area contributed by atoms with Gasteiger partial charge in [0.15, 0.2) is 0 Å². The van der Waals surface area contributed by atoms with Gasteiger partial charge in [-0.1, -0.05) is 28.1 Å². The predicted molar refractivity (Wildman–Crippen MR) is 84.0 cm³/mol. The van der Waals surface area contributed by atoms with Gasteiger partial charge in [0.25, 0.3) is 0 Å². The van der Waals surface area contributed by atoms with E-state index in [9.17, 15) is 9.59 Å².